The van der Waals surface area contributed by atoms with Crippen LogP contribution in [0.25, 0.3) is 0 Å². The minimum atomic E-state index is 0.681. The van der Waals surface area contributed by atoms with Gasteiger partial charge in [-0.05, 0) is 43.7 Å². The molecule has 1 fully saturated rings. The van der Waals surface area contributed by atoms with Crippen LogP contribution in [0.5, 0.6) is 5.75 Å². The van der Waals surface area contributed by atoms with Crippen molar-refractivity contribution in [3.8, 4) is 5.75 Å². The number of hydrogen-bond acceptors (Lipinski definition) is 3. The molecule has 19 heavy (non-hydrogen) atoms. The molecule has 1 heterocycles. The summed E-state index contributed by atoms with van der Waals surface area (Å²) in [7, 11) is 0. The predicted octanol–water partition coefficient (Wildman–Crippen LogP) is 4.11. The van der Waals surface area contributed by atoms with Gasteiger partial charge in [-0.3, -0.25) is 0 Å². The molecule has 1 saturated carbocycles. The molecule has 3 heteroatoms. The van der Waals surface area contributed by atoms with Crippen molar-refractivity contribution >= 4 is 5.82 Å². The van der Waals surface area contributed by atoms with E-state index < -0.39 is 0 Å². The summed E-state index contributed by atoms with van der Waals surface area (Å²) in [6.45, 7) is 6.06. The molecule has 3 nitrogen and oxygen atoms in total. The molecule has 2 atom stereocenters. The molecule has 2 unspecified atom stereocenters. The maximum Gasteiger partial charge on any atom is 0.168 e. The first kappa shape index (κ1) is 14.2. The molecule has 1 aliphatic rings. The van der Waals surface area contributed by atoms with E-state index in [1.807, 2.05) is 25.3 Å². The molecule has 1 aromatic heterocycles. The Labute approximate surface area is 116 Å². The zero-order valence-electron chi connectivity index (χ0n) is 12.2. The van der Waals surface area contributed by atoms with Gasteiger partial charge in [-0.25, -0.2) is 4.98 Å². The molecule has 0 aromatic carbocycles. The Kier molecular flexibility index (Phi) is 5.49. The summed E-state index contributed by atoms with van der Waals surface area (Å²) < 4.78 is 5.57. The Bertz CT molecular complexity index is 381. The number of nitrogens with zero attached hydrogens (tertiary/aromatic N) is 1. The van der Waals surface area contributed by atoms with Gasteiger partial charge in [0.15, 0.2) is 11.6 Å². The Hall–Kier alpha value is -1.25. The summed E-state index contributed by atoms with van der Waals surface area (Å²) in [5, 5.41) is 3.42. The summed E-state index contributed by atoms with van der Waals surface area (Å²) in [4.78, 5) is 4.36. The molecule has 1 N–H and O–H groups in total. The number of aromatic nitrogens is 1. The lowest BCUT2D eigenvalue weighted by Gasteiger charge is -2.26. The van der Waals surface area contributed by atoms with Crippen LogP contribution < -0.4 is 10.1 Å². The quantitative estimate of drug-likeness (QED) is 0.837. The number of ether oxygens (including phenoxy) is 1. The summed E-state index contributed by atoms with van der Waals surface area (Å²) in [6.07, 6.45) is 8.66. The lowest BCUT2D eigenvalue weighted by atomic mass is 9.81. The maximum atomic E-state index is 5.57. The molecule has 0 aliphatic heterocycles. The third-order valence-electron chi connectivity index (χ3n) is 3.96. The minimum absolute atomic E-state index is 0.681. The number of pyridine rings is 1. The van der Waals surface area contributed by atoms with E-state index in [-0.39, 0.29) is 0 Å². The second-order valence-corrected chi connectivity index (χ2v) is 5.64. The second-order valence-electron chi connectivity index (χ2n) is 5.64. The van der Waals surface area contributed by atoms with Gasteiger partial charge in [0.05, 0.1) is 6.61 Å². The molecule has 1 aliphatic carbocycles. The van der Waals surface area contributed by atoms with Gasteiger partial charge >= 0.3 is 0 Å². The minimum Gasteiger partial charge on any atom is -0.490 e. The Morgan fingerprint density at radius 3 is 3.11 bits per heavy atom. The largest absolute Gasteiger partial charge is 0.490 e. The molecule has 106 valence electrons. The summed E-state index contributed by atoms with van der Waals surface area (Å²) >= 11 is 0. The Morgan fingerprint density at radius 1 is 1.42 bits per heavy atom. The molecule has 0 spiro atoms. The van der Waals surface area contributed by atoms with Crippen molar-refractivity contribution < 1.29 is 4.74 Å². The standard InChI is InChI=1S/C16H26N2O/c1-3-19-15-8-5-10-17-16(15)18-11-9-14-7-4-6-13(2)12-14/h5,8,10,13-14H,3-4,6-7,9,11-12H2,1-2H3,(H,17,18). The van der Waals surface area contributed by atoms with Crippen LogP contribution in [0.1, 0.15) is 46.0 Å². The van der Waals surface area contributed by atoms with E-state index in [0.29, 0.717) is 6.61 Å². The van der Waals surface area contributed by atoms with Crippen molar-refractivity contribution in [1.29, 1.82) is 0 Å². The highest BCUT2D eigenvalue weighted by Gasteiger charge is 2.18. The van der Waals surface area contributed by atoms with Crippen LogP contribution in [0.4, 0.5) is 5.82 Å². The topological polar surface area (TPSA) is 34.1 Å². The Morgan fingerprint density at radius 2 is 2.32 bits per heavy atom. The molecule has 2 rings (SSSR count). The van der Waals surface area contributed by atoms with Crippen LogP contribution in [0, 0.1) is 11.8 Å². The highest BCUT2D eigenvalue weighted by atomic mass is 16.5. The highest BCUT2D eigenvalue weighted by Crippen LogP contribution is 2.30. The Balaban J connectivity index is 1.78. The lowest BCUT2D eigenvalue weighted by Crippen LogP contribution is -2.17. The third-order valence-corrected chi connectivity index (χ3v) is 3.96. The van der Waals surface area contributed by atoms with Crippen LogP contribution in [-0.2, 0) is 0 Å². The summed E-state index contributed by atoms with van der Waals surface area (Å²) in [5.41, 5.74) is 0. The molecule has 0 amide bonds. The van der Waals surface area contributed by atoms with Gasteiger partial charge in [-0.15, -0.1) is 0 Å². The van der Waals surface area contributed by atoms with E-state index in [9.17, 15) is 0 Å². The van der Waals surface area contributed by atoms with Crippen LogP contribution in [0.2, 0.25) is 0 Å². The van der Waals surface area contributed by atoms with Crippen LogP contribution >= 0.6 is 0 Å². The predicted molar refractivity (Wildman–Crippen MR) is 79.6 cm³/mol. The highest BCUT2D eigenvalue weighted by molar-refractivity contribution is 5.49. The fourth-order valence-electron chi connectivity index (χ4n) is 3.01. The van der Waals surface area contributed by atoms with Gasteiger partial charge in [0.1, 0.15) is 0 Å². The van der Waals surface area contributed by atoms with Crippen LogP contribution in [-0.4, -0.2) is 18.1 Å². The van der Waals surface area contributed by atoms with Gasteiger partial charge in [-0.1, -0.05) is 26.2 Å². The lowest BCUT2D eigenvalue weighted by molar-refractivity contribution is 0.274. The molecule has 0 radical (unpaired) electrons. The average Bonchev–Trinajstić information content (AvgIpc) is 2.41. The SMILES string of the molecule is CCOc1cccnc1NCCC1CCCC(C)C1. The first-order chi connectivity index (χ1) is 9.29. The zero-order chi connectivity index (χ0) is 13.5. The fourth-order valence-corrected chi connectivity index (χ4v) is 3.01. The number of anilines is 1. The molecule has 0 saturated heterocycles. The van der Waals surface area contributed by atoms with Gasteiger partial charge in [0.25, 0.3) is 0 Å². The van der Waals surface area contributed by atoms with Crippen molar-refractivity contribution in [3.05, 3.63) is 18.3 Å². The van der Waals surface area contributed by atoms with E-state index in [0.717, 1.165) is 29.9 Å². The van der Waals surface area contributed by atoms with Gasteiger partial charge in [0, 0.05) is 12.7 Å². The molecule has 1 aromatic rings. The van der Waals surface area contributed by atoms with Crippen molar-refractivity contribution in [1.82, 2.24) is 4.98 Å². The molecular weight excluding hydrogens is 236 g/mol. The van der Waals surface area contributed by atoms with Gasteiger partial charge in [-0.2, -0.15) is 0 Å². The van der Waals surface area contributed by atoms with Crippen molar-refractivity contribution in [2.45, 2.75) is 46.0 Å². The first-order valence-electron chi connectivity index (χ1n) is 7.61. The van der Waals surface area contributed by atoms with E-state index >= 15 is 0 Å². The van der Waals surface area contributed by atoms with E-state index in [4.69, 9.17) is 4.74 Å². The maximum absolute atomic E-state index is 5.57. The average molecular weight is 262 g/mol. The monoisotopic (exact) mass is 262 g/mol. The first-order valence-corrected chi connectivity index (χ1v) is 7.61. The normalized spacial score (nSPS) is 23.1. The fraction of sp³-hybridized carbons (Fsp3) is 0.688. The van der Waals surface area contributed by atoms with Crippen LogP contribution in [0.15, 0.2) is 18.3 Å². The van der Waals surface area contributed by atoms with Crippen LogP contribution in [0.3, 0.4) is 0 Å². The summed E-state index contributed by atoms with van der Waals surface area (Å²) in [5.74, 6) is 3.54. The number of nitrogens with one attached hydrogen (secondary N) is 1. The molecular formula is C16H26N2O. The molecule has 0 bridgehead atoms. The van der Waals surface area contributed by atoms with E-state index in [1.54, 1.807) is 0 Å². The van der Waals surface area contributed by atoms with Crippen molar-refractivity contribution in [3.63, 3.8) is 0 Å². The number of rotatable bonds is 6. The van der Waals surface area contributed by atoms with Gasteiger partial charge in [0.2, 0.25) is 0 Å². The van der Waals surface area contributed by atoms with Gasteiger partial charge < -0.3 is 10.1 Å². The summed E-state index contributed by atoms with van der Waals surface area (Å²) in [6, 6.07) is 3.89. The smallest absolute Gasteiger partial charge is 0.168 e. The van der Waals surface area contributed by atoms with Crippen molar-refractivity contribution in [2.75, 3.05) is 18.5 Å². The van der Waals surface area contributed by atoms with Crippen molar-refractivity contribution in [2.24, 2.45) is 11.8 Å². The number of hydrogen-bond donors (Lipinski definition) is 1. The third kappa shape index (κ3) is 4.41. The van der Waals surface area contributed by atoms with E-state index in [1.165, 1.54) is 32.1 Å². The second kappa shape index (κ2) is 7.37. The zero-order valence-corrected chi connectivity index (χ0v) is 12.2. The van der Waals surface area contributed by atoms with E-state index in [2.05, 4.69) is 17.2 Å².